The van der Waals surface area contributed by atoms with E-state index in [2.05, 4.69) is 20.9 Å². The average Bonchev–Trinajstić information content (AvgIpc) is 3.33. The highest BCUT2D eigenvalue weighted by Gasteiger charge is 2.49. The lowest BCUT2D eigenvalue weighted by atomic mass is 9.92. The molecule has 0 bridgehead atoms. The van der Waals surface area contributed by atoms with Gasteiger partial charge in [0.25, 0.3) is 5.91 Å². The fraction of sp³-hybridized carbons (Fsp3) is 0.190. The number of hydrazine groups is 1. The molecule has 0 aliphatic carbocycles. The summed E-state index contributed by atoms with van der Waals surface area (Å²) in [5, 5.41) is 7.09. The van der Waals surface area contributed by atoms with Gasteiger partial charge in [-0.15, -0.1) is 0 Å². The molecular weight excluding hydrogens is 405 g/mol. The largest absolute Gasteiger partial charge is 0.344 e. The molecule has 1 atom stereocenters. The van der Waals surface area contributed by atoms with Crippen molar-refractivity contribution in [2.24, 2.45) is 0 Å². The number of hydrogen-bond donors (Lipinski definition) is 2. The van der Waals surface area contributed by atoms with Gasteiger partial charge in [0.1, 0.15) is 11.4 Å². The van der Waals surface area contributed by atoms with E-state index in [0.717, 1.165) is 0 Å². The fourth-order valence-corrected chi connectivity index (χ4v) is 3.18. The molecular formula is C21H18FN5O4. The van der Waals surface area contributed by atoms with E-state index in [1.807, 2.05) is 0 Å². The first kappa shape index (κ1) is 20.2. The number of benzene rings is 2. The van der Waals surface area contributed by atoms with Gasteiger partial charge < -0.3 is 9.84 Å². The van der Waals surface area contributed by atoms with E-state index < -0.39 is 23.4 Å². The number of nitrogens with one attached hydrogen (secondary N) is 2. The Hall–Kier alpha value is -4.08. The number of urea groups is 1. The number of aromatic nitrogens is 2. The fourth-order valence-electron chi connectivity index (χ4n) is 3.18. The van der Waals surface area contributed by atoms with Crippen LogP contribution in [0.1, 0.15) is 24.8 Å². The van der Waals surface area contributed by atoms with E-state index in [0.29, 0.717) is 16.1 Å². The minimum atomic E-state index is -1.28. The molecule has 1 fully saturated rings. The maximum absolute atomic E-state index is 13.0. The third-order valence-electron chi connectivity index (χ3n) is 4.91. The number of imide groups is 1. The number of hydrogen-bond acceptors (Lipinski definition) is 6. The molecule has 2 aromatic carbocycles. The van der Waals surface area contributed by atoms with Crippen LogP contribution >= 0.6 is 0 Å². The molecule has 4 rings (SSSR count). The first-order valence-corrected chi connectivity index (χ1v) is 9.47. The highest BCUT2D eigenvalue weighted by Crippen LogP contribution is 2.27. The summed E-state index contributed by atoms with van der Waals surface area (Å²) in [6.07, 6.45) is 0.00376. The second kappa shape index (κ2) is 7.98. The van der Waals surface area contributed by atoms with Gasteiger partial charge in [0.2, 0.25) is 17.6 Å². The Morgan fingerprint density at radius 1 is 1.16 bits per heavy atom. The molecule has 4 amide bonds. The van der Waals surface area contributed by atoms with E-state index in [4.69, 9.17) is 4.52 Å². The first-order chi connectivity index (χ1) is 14.9. The highest BCUT2D eigenvalue weighted by molar-refractivity contribution is 6.08. The second-order valence-corrected chi connectivity index (χ2v) is 7.12. The number of nitrogens with zero attached hydrogens (tertiary/aromatic N) is 3. The summed E-state index contributed by atoms with van der Waals surface area (Å²) in [7, 11) is 0. The summed E-state index contributed by atoms with van der Waals surface area (Å²) in [5.41, 5.74) is 2.21. The van der Waals surface area contributed by atoms with Gasteiger partial charge in [-0.3, -0.25) is 15.0 Å². The molecule has 2 heterocycles. The van der Waals surface area contributed by atoms with Crippen LogP contribution in [0.3, 0.4) is 0 Å². The van der Waals surface area contributed by atoms with Crippen molar-refractivity contribution < 1.29 is 23.3 Å². The zero-order valence-electron chi connectivity index (χ0n) is 16.5. The van der Waals surface area contributed by atoms with Crippen LogP contribution < -0.4 is 10.7 Å². The zero-order valence-corrected chi connectivity index (χ0v) is 16.5. The molecule has 1 aliphatic rings. The summed E-state index contributed by atoms with van der Waals surface area (Å²) in [6, 6.07) is 13.6. The standard InChI is InChI=1S/C21H18FN5O4/c1-21(14-5-3-2-4-6-14)19(29)27(20(30)24-21)25-16(28)11-12-17-23-18(26-31-17)13-7-9-15(22)10-8-13/h2-10H,11-12H2,1H3,(H,24,30)(H,25,28)/t21-/m0/s1. The van der Waals surface area contributed by atoms with Gasteiger partial charge >= 0.3 is 6.03 Å². The quantitative estimate of drug-likeness (QED) is 0.588. The first-order valence-electron chi connectivity index (χ1n) is 9.47. The third-order valence-corrected chi connectivity index (χ3v) is 4.91. The lowest BCUT2D eigenvalue weighted by Gasteiger charge is -2.22. The van der Waals surface area contributed by atoms with Gasteiger partial charge in [-0.25, -0.2) is 9.18 Å². The van der Waals surface area contributed by atoms with Crippen molar-refractivity contribution in [3.8, 4) is 11.4 Å². The van der Waals surface area contributed by atoms with Crippen molar-refractivity contribution in [1.82, 2.24) is 25.9 Å². The summed E-state index contributed by atoms with van der Waals surface area (Å²) in [4.78, 5) is 41.5. The summed E-state index contributed by atoms with van der Waals surface area (Å²) < 4.78 is 18.1. The Labute approximate surface area is 176 Å². The molecule has 0 unspecified atom stereocenters. The van der Waals surface area contributed by atoms with Crippen molar-refractivity contribution in [3.63, 3.8) is 0 Å². The molecule has 158 valence electrons. The van der Waals surface area contributed by atoms with Crippen molar-refractivity contribution >= 4 is 17.8 Å². The molecule has 31 heavy (non-hydrogen) atoms. The molecule has 0 radical (unpaired) electrons. The Bertz CT molecular complexity index is 1130. The van der Waals surface area contributed by atoms with E-state index in [1.165, 1.54) is 24.3 Å². The van der Waals surface area contributed by atoms with E-state index in [1.54, 1.807) is 37.3 Å². The number of rotatable bonds is 6. The van der Waals surface area contributed by atoms with Crippen molar-refractivity contribution in [1.29, 1.82) is 0 Å². The SMILES string of the molecule is C[C@@]1(c2ccccc2)NC(=O)N(NC(=O)CCc2nc(-c3ccc(F)cc3)no2)C1=O. The maximum atomic E-state index is 13.0. The van der Waals surface area contributed by atoms with E-state index in [-0.39, 0.29) is 30.4 Å². The van der Waals surface area contributed by atoms with Crippen LogP contribution in [0, 0.1) is 5.82 Å². The Morgan fingerprint density at radius 3 is 2.58 bits per heavy atom. The van der Waals surface area contributed by atoms with Crippen LogP contribution in [0.2, 0.25) is 0 Å². The summed E-state index contributed by atoms with van der Waals surface area (Å²) in [5.74, 6) is -1.08. The number of amides is 4. The van der Waals surface area contributed by atoms with E-state index in [9.17, 15) is 18.8 Å². The molecule has 0 saturated carbocycles. The minimum absolute atomic E-state index is 0.0931. The number of carbonyl (C=O) groups is 3. The van der Waals surface area contributed by atoms with Crippen molar-refractivity contribution in [2.75, 3.05) is 0 Å². The van der Waals surface area contributed by atoms with Crippen molar-refractivity contribution in [3.05, 3.63) is 71.9 Å². The monoisotopic (exact) mass is 423 g/mol. The second-order valence-electron chi connectivity index (χ2n) is 7.12. The molecule has 2 N–H and O–H groups in total. The van der Waals surface area contributed by atoms with Gasteiger partial charge in [-0.05, 0) is 36.8 Å². The topological polar surface area (TPSA) is 117 Å². The zero-order chi connectivity index (χ0) is 22.0. The summed E-state index contributed by atoms with van der Waals surface area (Å²) >= 11 is 0. The van der Waals surface area contributed by atoms with Crippen molar-refractivity contribution in [2.45, 2.75) is 25.3 Å². The number of carbonyl (C=O) groups excluding carboxylic acids is 3. The van der Waals surface area contributed by atoms with Crippen LogP contribution in [-0.4, -0.2) is 33.0 Å². The predicted octanol–water partition coefficient (Wildman–Crippen LogP) is 2.31. The molecule has 1 saturated heterocycles. The molecule has 1 aliphatic heterocycles. The van der Waals surface area contributed by atoms with Gasteiger partial charge in [0, 0.05) is 18.4 Å². The molecule has 3 aromatic rings. The van der Waals surface area contributed by atoms with Gasteiger partial charge in [0.05, 0.1) is 0 Å². The van der Waals surface area contributed by atoms with Gasteiger partial charge in [-0.1, -0.05) is 35.5 Å². The Morgan fingerprint density at radius 2 is 1.87 bits per heavy atom. The van der Waals surface area contributed by atoms with Crippen LogP contribution in [0.5, 0.6) is 0 Å². The van der Waals surface area contributed by atoms with Crippen LogP contribution in [0.15, 0.2) is 59.1 Å². The van der Waals surface area contributed by atoms with Crippen LogP contribution in [0.25, 0.3) is 11.4 Å². The summed E-state index contributed by atoms with van der Waals surface area (Å²) in [6.45, 7) is 1.57. The third kappa shape index (κ3) is 4.00. The lowest BCUT2D eigenvalue weighted by molar-refractivity contribution is -0.139. The number of aryl methyl sites for hydroxylation is 1. The van der Waals surface area contributed by atoms with Gasteiger partial charge in [0.15, 0.2) is 0 Å². The smallest absolute Gasteiger partial charge is 0.339 e. The maximum Gasteiger partial charge on any atom is 0.344 e. The molecule has 10 heteroatoms. The van der Waals surface area contributed by atoms with Crippen LogP contribution in [0.4, 0.5) is 9.18 Å². The number of halogens is 1. The minimum Gasteiger partial charge on any atom is -0.339 e. The molecule has 1 aromatic heterocycles. The predicted molar refractivity (Wildman–Crippen MR) is 105 cm³/mol. The van der Waals surface area contributed by atoms with E-state index >= 15 is 0 Å². The highest BCUT2D eigenvalue weighted by atomic mass is 19.1. The Balaban J connectivity index is 1.37. The Kier molecular flexibility index (Phi) is 5.20. The van der Waals surface area contributed by atoms with Gasteiger partial charge in [-0.2, -0.15) is 9.99 Å². The lowest BCUT2D eigenvalue weighted by Crippen LogP contribution is -2.48. The van der Waals surface area contributed by atoms with Crippen LogP contribution in [-0.2, 0) is 21.5 Å². The molecule has 0 spiro atoms. The average molecular weight is 423 g/mol. The normalized spacial score (nSPS) is 18.2. The molecule has 9 nitrogen and oxygen atoms in total.